The van der Waals surface area contributed by atoms with Gasteiger partial charge in [0.25, 0.3) is 0 Å². The number of amides is 1. The third-order valence-corrected chi connectivity index (χ3v) is 4.88. The summed E-state index contributed by atoms with van der Waals surface area (Å²) in [4.78, 5) is 17.7. The first-order chi connectivity index (χ1) is 13.2. The molecule has 0 fully saturated rings. The second kappa shape index (κ2) is 8.71. The SMILES string of the molecule is CCCC[C@@H](CC)C(=O)Nc1c(-c2cccc(OC)c2)nc2ccccn12. The summed E-state index contributed by atoms with van der Waals surface area (Å²) in [6, 6.07) is 13.6. The van der Waals surface area contributed by atoms with Crippen LogP contribution in [0.5, 0.6) is 5.75 Å². The van der Waals surface area contributed by atoms with E-state index in [4.69, 9.17) is 9.72 Å². The van der Waals surface area contributed by atoms with Gasteiger partial charge in [-0.25, -0.2) is 4.98 Å². The lowest BCUT2D eigenvalue weighted by atomic mass is 9.98. The Balaban J connectivity index is 2.01. The number of aromatic nitrogens is 2. The van der Waals surface area contributed by atoms with Crippen LogP contribution in [0.25, 0.3) is 16.9 Å². The summed E-state index contributed by atoms with van der Waals surface area (Å²) in [5.41, 5.74) is 2.46. The first-order valence-electron chi connectivity index (χ1n) is 9.60. The minimum atomic E-state index is 0.0115. The van der Waals surface area contributed by atoms with Crippen LogP contribution in [-0.4, -0.2) is 22.4 Å². The monoisotopic (exact) mass is 365 g/mol. The van der Waals surface area contributed by atoms with Gasteiger partial charge in [0, 0.05) is 17.7 Å². The molecule has 0 aliphatic carbocycles. The Morgan fingerprint density at radius 2 is 2.07 bits per heavy atom. The topological polar surface area (TPSA) is 55.6 Å². The van der Waals surface area contributed by atoms with E-state index < -0.39 is 0 Å². The average molecular weight is 365 g/mol. The van der Waals surface area contributed by atoms with Crippen molar-refractivity contribution in [1.82, 2.24) is 9.38 Å². The first kappa shape index (κ1) is 19.0. The molecule has 5 heteroatoms. The third kappa shape index (κ3) is 4.13. The van der Waals surface area contributed by atoms with E-state index in [1.807, 2.05) is 53.1 Å². The molecule has 1 N–H and O–H groups in total. The van der Waals surface area contributed by atoms with Gasteiger partial charge in [-0.15, -0.1) is 0 Å². The number of methoxy groups -OCH3 is 1. The number of unbranched alkanes of at least 4 members (excludes halogenated alkanes) is 1. The summed E-state index contributed by atoms with van der Waals surface area (Å²) >= 11 is 0. The average Bonchev–Trinajstić information content (AvgIpc) is 3.07. The molecule has 1 atom stereocenters. The van der Waals surface area contributed by atoms with E-state index >= 15 is 0 Å². The van der Waals surface area contributed by atoms with E-state index in [0.717, 1.165) is 48.3 Å². The highest BCUT2D eigenvalue weighted by molar-refractivity contribution is 5.96. The zero-order valence-electron chi connectivity index (χ0n) is 16.2. The summed E-state index contributed by atoms with van der Waals surface area (Å²) in [6.07, 6.45) is 5.81. The Morgan fingerprint density at radius 1 is 1.22 bits per heavy atom. The van der Waals surface area contributed by atoms with Gasteiger partial charge in [0.15, 0.2) is 0 Å². The number of nitrogens with one attached hydrogen (secondary N) is 1. The van der Waals surface area contributed by atoms with Crippen LogP contribution < -0.4 is 10.1 Å². The second-order valence-electron chi connectivity index (χ2n) is 6.71. The van der Waals surface area contributed by atoms with E-state index in [9.17, 15) is 4.79 Å². The van der Waals surface area contributed by atoms with E-state index in [-0.39, 0.29) is 11.8 Å². The maximum atomic E-state index is 12.9. The molecule has 0 aliphatic rings. The number of hydrogen-bond acceptors (Lipinski definition) is 3. The van der Waals surface area contributed by atoms with Crippen LogP contribution in [0.4, 0.5) is 5.82 Å². The molecule has 2 aromatic heterocycles. The number of imidazole rings is 1. The summed E-state index contributed by atoms with van der Waals surface area (Å²) < 4.78 is 7.28. The number of ether oxygens (including phenoxy) is 1. The van der Waals surface area contributed by atoms with Gasteiger partial charge in [-0.1, -0.05) is 44.9 Å². The van der Waals surface area contributed by atoms with Crippen molar-refractivity contribution < 1.29 is 9.53 Å². The minimum Gasteiger partial charge on any atom is -0.497 e. The van der Waals surface area contributed by atoms with Crippen molar-refractivity contribution >= 4 is 17.4 Å². The van der Waals surface area contributed by atoms with Crippen LogP contribution >= 0.6 is 0 Å². The molecule has 0 bridgehead atoms. The highest BCUT2D eigenvalue weighted by Crippen LogP contribution is 2.31. The maximum absolute atomic E-state index is 12.9. The largest absolute Gasteiger partial charge is 0.497 e. The van der Waals surface area contributed by atoms with E-state index in [1.165, 1.54) is 0 Å². The van der Waals surface area contributed by atoms with Crippen LogP contribution in [0.3, 0.4) is 0 Å². The van der Waals surface area contributed by atoms with Crippen molar-refractivity contribution in [2.24, 2.45) is 5.92 Å². The molecule has 3 rings (SSSR count). The number of hydrogen-bond donors (Lipinski definition) is 1. The number of nitrogens with zero attached hydrogens (tertiary/aromatic N) is 2. The van der Waals surface area contributed by atoms with E-state index in [2.05, 4.69) is 19.2 Å². The number of fused-ring (bicyclic) bond motifs is 1. The fourth-order valence-corrected chi connectivity index (χ4v) is 3.28. The number of rotatable bonds is 8. The Labute approximate surface area is 160 Å². The lowest BCUT2D eigenvalue weighted by Crippen LogP contribution is -2.23. The van der Waals surface area contributed by atoms with Crippen molar-refractivity contribution in [2.45, 2.75) is 39.5 Å². The Hall–Kier alpha value is -2.82. The highest BCUT2D eigenvalue weighted by atomic mass is 16.5. The van der Waals surface area contributed by atoms with Gasteiger partial charge < -0.3 is 10.1 Å². The highest BCUT2D eigenvalue weighted by Gasteiger charge is 2.21. The summed E-state index contributed by atoms with van der Waals surface area (Å²) in [5, 5.41) is 3.15. The second-order valence-corrected chi connectivity index (χ2v) is 6.71. The smallest absolute Gasteiger partial charge is 0.228 e. The zero-order valence-corrected chi connectivity index (χ0v) is 16.2. The molecule has 0 unspecified atom stereocenters. The summed E-state index contributed by atoms with van der Waals surface area (Å²) in [5.74, 6) is 1.54. The molecule has 1 amide bonds. The molecule has 142 valence electrons. The molecule has 0 saturated heterocycles. The molecule has 0 radical (unpaired) electrons. The van der Waals surface area contributed by atoms with Gasteiger partial charge in [-0.3, -0.25) is 9.20 Å². The van der Waals surface area contributed by atoms with Crippen LogP contribution in [0, 0.1) is 5.92 Å². The summed E-state index contributed by atoms with van der Waals surface area (Å²) in [7, 11) is 1.64. The molecule has 0 aliphatic heterocycles. The third-order valence-electron chi connectivity index (χ3n) is 4.88. The molecular weight excluding hydrogens is 338 g/mol. The quantitative estimate of drug-likeness (QED) is 0.599. The van der Waals surface area contributed by atoms with Crippen molar-refractivity contribution in [3.05, 3.63) is 48.7 Å². The maximum Gasteiger partial charge on any atom is 0.228 e. The van der Waals surface area contributed by atoms with Gasteiger partial charge in [-0.2, -0.15) is 0 Å². The van der Waals surface area contributed by atoms with Crippen LogP contribution in [0.1, 0.15) is 39.5 Å². The number of carbonyl (C=O) groups excluding carboxylic acids is 1. The van der Waals surface area contributed by atoms with Crippen molar-refractivity contribution in [1.29, 1.82) is 0 Å². The number of benzene rings is 1. The molecular formula is C22H27N3O2. The molecule has 5 nitrogen and oxygen atoms in total. The molecule has 3 aromatic rings. The Bertz CT molecular complexity index is 917. The number of carbonyl (C=O) groups is 1. The van der Waals surface area contributed by atoms with Gasteiger partial charge in [0.1, 0.15) is 22.9 Å². The van der Waals surface area contributed by atoms with E-state index in [0.29, 0.717) is 5.82 Å². The van der Waals surface area contributed by atoms with E-state index in [1.54, 1.807) is 7.11 Å². The zero-order chi connectivity index (χ0) is 19.2. The number of pyridine rings is 1. The fraction of sp³-hybridized carbons (Fsp3) is 0.364. The lowest BCUT2D eigenvalue weighted by Gasteiger charge is -2.15. The summed E-state index contributed by atoms with van der Waals surface area (Å²) in [6.45, 7) is 4.22. The molecule has 27 heavy (non-hydrogen) atoms. The van der Waals surface area contributed by atoms with Crippen LogP contribution in [0.15, 0.2) is 48.7 Å². The molecule has 0 saturated carbocycles. The predicted octanol–water partition coefficient (Wildman–Crippen LogP) is 5.16. The van der Waals surface area contributed by atoms with Crippen molar-refractivity contribution in [2.75, 3.05) is 12.4 Å². The normalized spacial score (nSPS) is 12.1. The standard InChI is InChI=1S/C22H27N3O2/c1-4-6-10-16(5-2)22(26)24-21-20(17-11-9-12-18(15-17)27-3)23-19-13-7-8-14-25(19)21/h7-9,11-16H,4-6,10H2,1-3H3,(H,24,26)/t16-/m1/s1. The van der Waals surface area contributed by atoms with Gasteiger partial charge in [0.05, 0.1) is 7.11 Å². The van der Waals surface area contributed by atoms with Gasteiger partial charge in [-0.05, 0) is 37.1 Å². The van der Waals surface area contributed by atoms with Gasteiger partial charge >= 0.3 is 0 Å². The van der Waals surface area contributed by atoms with Crippen LogP contribution in [-0.2, 0) is 4.79 Å². The Kier molecular flexibility index (Phi) is 6.12. The molecule has 1 aromatic carbocycles. The lowest BCUT2D eigenvalue weighted by molar-refractivity contribution is -0.120. The van der Waals surface area contributed by atoms with Crippen LogP contribution in [0.2, 0.25) is 0 Å². The van der Waals surface area contributed by atoms with Crippen molar-refractivity contribution in [3.8, 4) is 17.0 Å². The van der Waals surface area contributed by atoms with Gasteiger partial charge in [0.2, 0.25) is 5.91 Å². The Morgan fingerprint density at radius 3 is 2.81 bits per heavy atom. The number of anilines is 1. The molecule has 0 spiro atoms. The van der Waals surface area contributed by atoms with Crippen molar-refractivity contribution in [3.63, 3.8) is 0 Å². The molecule has 2 heterocycles. The fourth-order valence-electron chi connectivity index (χ4n) is 3.28. The predicted molar refractivity (Wildman–Crippen MR) is 109 cm³/mol. The first-order valence-corrected chi connectivity index (χ1v) is 9.60. The minimum absolute atomic E-state index is 0.0115.